The lowest BCUT2D eigenvalue weighted by Crippen LogP contribution is -2.20. The number of benzene rings is 2. The van der Waals surface area contributed by atoms with Gasteiger partial charge in [-0.1, -0.05) is 12.1 Å². The fourth-order valence-corrected chi connectivity index (χ4v) is 2.00. The van der Waals surface area contributed by atoms with Crippen molar-refractivity contribution in [3.05, 3.63) is 54.1 Å². The van der Waals surface area contributed by atoms with Gasteiger partial charge in [-0.25, -0.2) is 0 Å². The van der Waals surface area contributed by atoms with Crippen LogP contribution in [0, 0.1) is 11.3 Å². The Morgan fingerprint density at radius 3 is 2.14 bits per heavy atom. The zero-order valence-corrected chi connectivity index (χ0v) is 11.9. The van der Waals surface area contributed by atoms with E-state index in [-0.39, 0.29) is 0 Å². The third kappa shape index (κ3) is 3.98. The van der Waals surface area contributed by atoms with Crippen LogP contribution >= 0.6 is 0 Å². The maximum atomic E-state index is 10.3. The van der Waals surface area contributed by atoms with E-state index in [2.05, 4.69) is 0 Å². The molecule has 2 rings (SSSR count). The molecule has 3 N–H and O–H groups in total. The van der Waals surface area contributed by atoms with Crippen molar-refractivity contribution in [3.63, 3.8) is 0 Å². The van der Waals surface area contributed by atoms with Crippen LogP contribution < -0.4 is 10.5 Å². The number of nitrogen functional groups attached to an aromatic ring is 1. The van der Waals surface area contributed by atoms with Crippen LogP contribution in [0.5, 0.6) is 11.5 Å². The number of rotatable bonds is 5. The van der Waals surface area contributed by atoms with Crippen LogP contribution in [0.1, 0.15) is 25.3 Å². The molecular formula is C17H18N2O2. The molecule has 0 fully saturated rings. The van der Waals surface area contributed by atoms with Gasteiger partial charge in [-0.15, -0.1) is 0 Å². The molecule has 0 spiro atoms. The van der Waals surface area contributed by atoms with E-state index in [1.165, 1.54) is 0 Å². The Hall–Kier alpha value is -2.51. The number of nitriles is 1. The highest BCUT2D eigenvalue weighted by molar-refractivity contribution is 5.43. The topological polar surface area (TPSA) is 79.3 Å². The molecule has 2 aromatic rings. The van der Waals surface area contributed by atoms with Crippen molar-refractivity contribution in [1.29, 1.82) is 5.26 Å². The molecule has 0 radical (unpaired) electrons. The van der Waals surface area contributed by atoms with Gasteiger partial charge in [0.2, 0.25) is 0 Å². The largest absolute Gasteiger partial charge is 0.457 e. The minimum atomic E-state index is -1.00. The van der Waals surface area contributed by atoms with E-state index in [0.29, 0.717) is 30.0 Å². The first-order chi connectivity index (χ1) is 10.0. The van der Waals surface area contributed by atoms with Gasteiger partial charge in [0.15, 0.2) is 0 Å². The Morgan fingerprint density at radius 2 is 1.62 bits per heavy atom. The maximum absolute atomic E-state index is 10.3. The zero-order chi connectivity index (χ0) is 15.3. The van der Waals surface area contributed by atoms with E-state index in [1.54, 1.807) is 43.3 Å². The summed E-state index contributed by atoms with van der Waals surface area (Å²) in [5, 5.41) is 18.9. The van der Waals surface area contributed by atoms with Crippen LogP contribution in [-0.2, 0) is 5.60 Å². The summed E-state index contributed by atoms with van der Waals surface area (Å²) in [7, 11) is 0. The molecule has 1 unspecified atom stereocenters. The number of hydrogen-bond donors (Lipinski definition) is 2. The Kier molecular flexibility index (Phi) is 4.46. The Labute approximate surface area is 124 Å². The average molecular weight is 282 g/mol. The van der Waals surface area contributed by atoms with Gasteiger partial charge in [-0.2, -0.15) is 5.26 Å². The van der Waals surface area contributed by atoms with Crippen LogP contribution in [0.4, 0.5) is 5.69 Å². The maximum Gasteiger partial charge on any atom is 0.127 e. The van der Waals surface area contributed by atoms with Gasteiger partial charge in [0, 0.05) is 12.1 Å². The molecule has 0 amide bonds. The zero-order valence-electron chi connectivity index (χ0n) is 11.9. The number of aliphatic hydroxyl groups is 1. The quantitative estimate of drug-likeness (QED) is 0.822. The number of nitrogens with two attached hydrogens (primary N) is 1. The summed E-state index contributed by atoms with van der Waals surface area (Å²) < 4.78 is 5.69. The van der Waals surface area contributed by atoms with Crippen molar-refractivity contribution in [3.8, 4) is 17.6 Å². The molecule has 21 heavy (non-hydrogen) atoms. The number of anilines is 1. The molecule has 2 aromatic carbocycles. The van der Waals surface area contributed by atoms with Gasteiger partial charge < -0.3 is 15.6 Å². The summed E-state index contributed by atoms with van der Waals surface area (Å²) >= 11 is 0. The van der Waals surface area contributed by atoms with E-state index in [1.807, 2.05) is 18.2 Å². The molecule has 0 aromatic heterocycles. The first-order valence-electron chi connectivity index (χ1n) is 6.74. The highest BCUT2D eigenvalue weighted by Gasteiger charge is 2.22. The molecule has 0 aliphatic rings. The first-order valence-corrected chi connectivity index (χ1v) is 6.74. The first kappa shape index (κ1) is 14.9. The van der Waals surface area contributed by atoms with Gasteiger partial charge >= 0.3 is 0 Å². The molecule has 0 aliphatic heterocycles. The Balaban J connectivity index is 2.08. The van der Waals surface area contributed by atoms with Crippen LogP contribution in [0.2, 0.25) is 0 Å². The number of hydrogen-bond acceptors (Lipinski definition) is 4. The second-order valence-electron chi connectivity index (χ2n) is 5.13. The summed E-state index contributed by atoms with van der Waals surface area (Å²) in [6, 6.07) is 16.4. The van der Waals surface area contributed by atoms with Crippen LogP contribution in [0.15, 0.2) is 48.5 Å². The van der Waals surface area contributed by atoms with E-state index in [4.69, 9.17) is 15.7 Å². The SMILES string of the molecule is CC(O)(CCC#N)c1ccc(Oc2ccc(N)cc2)cc1. The number of nitrogens with zero attached hydrogens (tertiary/aromatic N) is 1. The van der Waals surface area contributed by atoms with Gasteiger partial charge in [0.05, 0.1) is 11.7 Å². The summed E-state index contributed by atoms with van der Waals surface area (Å²) in [5.41, 5.74) is 6.07. The predicted octanol–water partition coefficient (Wildman–Crippen LogP) is 3.57. The van der Waals surface area contributed by atoms with Crippen molar-refractivity contribution < 1.29 is 9.84 Å². The summed E-state index contributed by atoms with van der Waals surface area (Å²) in [6.07, 6.45) is 0.721. The van der Waals surface area contributed by atoms with Crippen molar-refractivity contribution in [2.75, 3.05) is 5.73 Å². The van der Waals surface area contributed by atoms with E-state index in [9.17, 15) is 5.11 Å². The molecule has 0 bridgehead atoms. The lowest BCUT2D eigenvalue weighted by molar-refractivity contribution is 0.0492. The van der Waals surface area contributed by atoms with Crippen molar-refractivity contribution >= 4 is 5.69 Å². The summed E-state index contributed by atoms with van der Waals surface area (Å²) in [4.78, 5) is 0. The smallest absolute Gasteiger partial charge is 0.127 e. The molecule has 4 nitrogen and oxygen atoms in total. The summed E-state index contributed by atoms with van der Waals surface area (Å²) in [6.45, 7) is 1.71. The fraction of sp³-hybridized carbons (Fsp3) is 0.235. The minimum Gasteiger partial charge on any atom is -0.457 e. The molecule has 108 valence electrons. The molecule has 0 saturated heterocycles. The Morgan fingerprint density at radius 1 is 1.10 bits per heavy atom. The fourth-order valence-electron chi connectivity index (χ4n) is 2.00. The third-order valence-corrected chi connectivity index (χ3v) is 3.32. The normalized spacial score (nSPS) is 13.2. The van der Waals surface area contributed by atoms with Gasteiger partial charge in [0.25, 0.3) is 0 Å². The Bertz CT molecular complexity index is 625. The van der Waals surface area contributed by atoms with E-state index >= 15 is 0 Å². The van der Waals surface area contributed by atoms with Gasteiger partial charge in [-0.3, -0.25) is 0 Å². The standard InChI is InChI=1S/C17H18N2O2/c1-17(20,11-2-12-18)13-3-7-15(8-4-13)21-16-9-5-14(19)6-10-16/h3-10,20H,2,11,19H2,1H3. The molecule has 0 heterocycles. The van der Waals surface area contributed by atoms with Crippen molar-refractivity contribution in [2.24, 2.45) is 0 Å². The monoisotopic (exact) mass is 282 g/mol. The van der Waals surface area contributed by atoms with E-state index in [0.717, 1.165) is 5.56 Å². The average Bonchev–Trinajstić information content (AvgIpc) is 2.48. The molecular weight excluding hydrogens is 264 g/mol. The molecule has 0 aliphatic carbocycles. The second kappa shape index (κ2) is 6.29. The highest BCUT2D eigenvalue weighted by atomic mass is 16.5. The van der Waals surface area contributed by atoms with E-state index < -0.39 is 5.60 Å². The van der Waals surface area contributed by atoms with Crippen molar-refractivity contribution in [2.45, 2.75) is 25.4 Å². The van der Waals surface area contributed by atoms with Gasteiger partial charge in [0.1, 0.15) is 11.5 Å². The van der Waals surface area contributed by atoms with Crippen molar-refractivity contribution in [1.82, 2.24) is 0 Å². The molecule has 4 heteroatoms. The lowest BCUT2D eigenvalue weighted by Gasteiger charge is -2.22. The second-order valence-corrected chi connectivity index (χ2v) is 5.13. The lowest BCUT2D eigenvalue weighted by atomic mass is 9.91. The summed E-state index contributed by atoms with van der Waals surface area (Å²) in [5.74, 6) is 1.38. The molecule has 1 atom stereocenters. The molecule has 0 saturated carbocycles. The van der Waals surface area contributed by atoms with Crippen LogP contribution in [0.25, 0.3) is 0 Å². The minimum absolute atomic E-state index is 0.316. The number of ether oxygens (including phenoxy) is 1. The van der Waals surface area contributed by atoms with Crippen LogP contribution in [0.3, 0.4) is 0 Å². The third-order valence-electron chi connectivity index (χ3n) is 3.32. The van der Waals surface area contributed by atoms with Crippen LogP contribution in [-0.4, -0.2) is 5.11 Å². The highest BCUT2D eigenvalue weighted by Crippen LogP contribution is 2.29. The predicted molar refractivity (Wildman–Crippen MR) is 81.8 cm³/mol. The van der Waals surface area contributed by atoms with Gasteiger partial charge in [-0.05, 0) is 55.3 Å².